The Morgan fingerprint density at radius 3 is 1.05 bits per heavy atom. The highest BCUT2D eigenvalue weighted by atomic mass is 16.5. The lowest BCUT2D eigenvalue weighted by molar-refractivity contribution is 0.0115. The molecule has 0 atom stereocenters. The molecule has 0 saturated heterocycles. The number of ether oxygens (including phenoxy) is 3. The summed E-state index contributed by atoms with van der Waals surface area (Å²) in [4.78, 5) is 0. The van der Waals surface area contributed by atoms with Crippen molar-refractivity contribution in [3.63, 3.8) is 0 Å². The third-order valence-corrected chi connectivity index (χ3v) is 3.17. The second-order valence-corrected chi connectivity index (χ2v) is 8.17. The van der Waals surface area contributed by atoms with Crippen LogP contribution in [0.4, 0.5) is 0 Å². The maximum Gasteiger partial charge on any atom is 0.0701 e. The molecular weight excluding hydrogens is 264 g/mol. The molecule has 0 saturated carbocycles. The summed E-state index contributed by atoms with van der Waals surface area (Å²) in [6.45, 7) is 18.0. The van der Waals surface area contributed by atoms with E-state index in [1.807, 2.05) is 0 Å². The maximum atomic E-state index is 5.55. The van der Waals surface area contributed by atoms with E-state index in [1.165, 1.54) is 12.8 Å². The standard InChI is InChI=1S/C18H38O3/c1-17(2,3)9-7-11-19-13-15-21-16-14-20-12-8-10-18(4,5)6/h7-16H2,1-6H3. The molecule has 0 aromatic heterocycles. The van der Waals surface area contributed by atoms with E-state index in [0.717, 1.165) is 26.1 Å². The Morgan fingerprint density at radius 1 is 0.476 bits per heavy atom. The van der Waals surface area contributed by atoms with Crippen LogP contribution in [0.2, 0.25) is 0 Å². The topological polar surface area (TPSA) is 27.7 Å². The summed E-state index contributed by atoms with van der Waals surface area (Å²) in [7, 11) is 0. The first-order valence-electron chi connectivity index (χ1n) is 8.44. The lowest BCUT2D eigenvalue weighted by atomic mass is 9.91. The Balaban J connectivity index is 3.10. The molecule has 21 heavy (non-hydrogen) atoms. The second-order valence-electron chi connectivity index (χ2n) is 8.17. The van der Waals surface area contributed by atoms with E-state index in [4.69, 9.17) is 14.2 Å². The summed E-state index contributed by atoms with van der Waals surface area (Å²) in [6.07, 6.45) is 4.66. The highest BCUT2D eigenvalue weighted by molar-refractivity contribution is 4.61. The fraction of sp³-hybridized carbons (Fsp3) is 1.00. The van der Waals surface area contributed by atoms with Crippen LogP contribution < -0.4 is 0 Å². The van der Waals surface area contributed by atoms with Crippen molar-refractivity contribution < 1.29 is 14.2 Å². The van der Waals surface area contributed by atoms with Gasteiger partial charge < -0.3 is 14.2 Å². The van der Waals surface area contributed by atoms with E-state index >= 15 is 0 Å². The van der Waals surface area contributed by atoms with Gasteiger partial charge in [-0.05, 0) is 36.5 Å². The molecule has 0 radical (unpaired) electrons. The van der Waals surface area contributed by atoms with Crippen LogP contribution in [0.5, 0.6) is 0 Å². The van der Waals surface area contributed by atoms with Crippen molar-refractivity contribution >= 4 is 0 Å². The van der Waals surface area contributed by atoms with Gasteiger partial charge in [0.25, 0.3) is 0 Å². The third kappa shape index (κ3) is 19.9. The summed E-state index contributed by atoms with van der Waals surface area (Å²) in [5.74, 6) is 0. The van der Waals surface area contributed by atoms with Crippen LogP contribution in [0.25, 0.3) is 0 Å². The summed E-state index contributed by atoms with van der Waals surface area (Å²) in [5.41, 5.74) is 0.814. The highest BCUT2D eigenvalue weighted by Crippen LogP contribution is 2.20. The molecule has 0 bridgehead atoms. The monoisotopic (exact) mass is 302 g/mol. The Morgan fingerprint density at radius 2 is 0.762 bits per heavy atom. The molecule has 0 amide bonds. The Hall–Kier alpha value is -0.120. The number of hydrogen-bond donors (Lipinski definition) is 0. The van der Waals surface area contributed by atoms with Gasteiger partial charge in [-0.15, -0.1) is 0 Å². The average Bonchev–Trinajstić information content (AvgIpc) is 2.32. The quantitative estimate of drug-likeness (QED) is 0.490. The normalized spacial score (nSPS) is 12.9. The fourth-order valence-electron chi connectivity index (χ4n) is 1.95. The Kier molecular flexibility index (Phi) is 11.4. The Labute approximate surface area is 132 Å². The van der Waals surface area contributed by atoms with Crippen LogP contribution in [-0.4, -0.2) is 39.6 Å². The van der Waals surface area contributed by atoms with E-state index in [1.54, 1.807) is 0 Å². The second kappa shape index (κ2) is 11.4. The van der Waals surface area contributed by atoms with Gasteiger partial charge in [0.2, 0.25) is 0 Å². The summed E-state index contributed by atoms with van der Waals surface area (Å²) in [5, 5.41) is 0. The van der Waals surface area contributed by atoms with E-state index < -0.39 is 0 Å². The maximum absolute atomic E-state index is 5.55. The van der Waals surface area contributed by atoms with Gasteiger partial charge in [-0.25, -0.2) is 0 Å². The van der Waals surface area contributed by atoms with E-state index in [9.17, 15) is 0 Å². The summed E-state index contributed by atoms with van der Waals surface area (Å²) < 4.78 is 16.6. The molecular formula is C18H38O3. The minimum atomic E-state index is 0.407. The van der Waals surface area contributed by atoms with E-state index in [-0.39, 0.29) is 0 Å². The van der Waals surface area contributed by atoms with Gasteiger partial charge in [0.15, 0.2) is 0 Å². The largest absolute Gasteiger partial charge is 0.379 e. The molecule has 0 N–H and O–H groups in total. The molecule has 0 aliphatic carbocycles. The third-order valence-electron chi connectivity index (χ3n) is 3.17. The van der Waals surface area contributed by atoms with Crippen molar-refractivity contribution in [3.05, 3.63) is 0 Å². The zero-order valence-corrected chi connectivity index (χ0v) is 15.3. The molecule has 0 aliphatic rings. The molecule has 0 rings (SSSR count). The summed E-state index contributed by atoms with van der Waals surface area (Å²) >= 11 is 0. The molecule has 0 spiro atoms. The van der Waals surface area contributed by atoms with Crippen LogP contribution in [0.15, 0.2) is 0 Å². The molecule has 128 valence electrons. The molecule has 3 nitrogen and oxygen atoms in total. The SMILES string of the molecule is CC(C)(C)CCCOCCOCCOCCCC(C)(C)C. The van der Waals surface area contributed by atoms with Crippen LogP contribution in [0.3, 0.4) is 0 Å². The van der Waals surface area contributed by atoms with Gasteiger partial charge in [0.1, 0.15) is 0 Å². The van der Waals surface area contributed by atoms with Crippen molar-refractivity contribution in [2.24, 2.45) is 10.8 Å². The van der Waals surface area contributed by atoms with Gasteiger partial charge in [-0.1, -0.05) is 41.5 Å². The lowest BCUT2D eigenvalue weighted by Crippen LogP contribution is -2.12. The highest BCUT2D eigenvalue weighted by Gasteiger charge is 2.09. The van der Waals surface area contributed by atoms with Crippen LogP contribution in [-0.2, 0) is 14.2 Å². The predicted octanol–water partition coefficient (Wildman–Crippen LogP) is 4.69. The minimum Gasteiger partial charge on any atom is -0.379 e. The van der Waals surface area contributed by atoms with E-state index in [0.29, 0.717) is 37.3 Å². The zero-order chi connectivity index (χ0) is 16.2. The molecule has 0 aromatic rings. The Bertz CT molecular complexity index is 202. The first-order chi connectivity index (χ1) is 9.71. The molecule has 0 aromatic carbocycles. The van der Waals surface area contributed by atoms with Gasteiger partial charge in [0.05, 0.1) is 26.4 Å². The van der Waals surface area contributed by atoms with E-state index in [2.05, 4.69) is 41.5 Å². The molecule has 0 fully saturated rings. The van der Waals surface area contributed by atoms with Gasteiger partial charge in [-0.3, -0.25) is 0 Å². The molecule has 3 heteroatoms. The van der Waals surface area contributed by atoms with Crippen LogP contribution >= 0.6 is 0 Å². The van der Waals surface area contributed by atoms with Gasteiger partial charge in [0, 0.05) is 13.2 Å². The predicted molar refractivity (Wildman–Crippen MR) is 89.8 cm³/mol. The number of hydrogen-bond acceptors (Lipinski definition) is 3. The molecule has 0 heterocycles. The van der Waals surface area contributed by atoms with Crippen molar-refractivity contribution in [1.29, 1.82) is 0 Å². The van der Waals surface area contributed by atoms with Crippen molar-refractivity contribution in [2.75, 3.05) is 39.6 Å². The molecule has 0 aliphatic heterocycles. The number of rotatable bonds is 12. The van der Waals surface area contributed by atoms with Crippen LogP contribution in [0.1, 0.15) is 67.2 Å². The first kappa shape index (κ1) is 20.9. The van der Waals surface area contributed by atoms with Crippen molar-refractivity contribution in [1.82, 2.24) is 0 Å². The smallest absolute Gasteiger partial charge is 0.0701 e. The van der Waals surface area contributed by atoms with Crippen molar-refractivity contribution in [3.8, 4) is 0 Å². The first-order valence-corrected chi connectivity index (χ1v) is 8.44. The van der Waals surface area contributed by atoms with Crippen molar-refractivity contribution in [2.45, 2.75) is 67.2 Å². The fourth-order valence-corrected chi connectivity index (χ4v) is 1.95. The van der Waals surface area contributed by atoms with Gasteiger partial charge >= 0.3 is 0 Å². The summed E-state index contributed by atoms with van der Waals surface area (Å²) in [6, 6.07) is 0. The minimum absolute atomic E-state index is 0.407. The lowest BCUT2D eigenvalue weighted by Gasteiger charge is -2.17. The average molecular weight is 302 g/mol. The zero-order valence-electron chi connectivity index (χ0n) is 15.3. The van der Waals surface area contributed by atoms with Gasteiger partial charge in [-0.2, -0.15) is 0 Å². The van der Waals surface area contributed by atoms with Crippen LogP contribution in [0, 0.1) is 10.8 Å². The molecule has 0 unspecified atom stereocenters.